The van der Waals surface area contributed by atoms with Crippen molar-refractivity contribution in [1.82, 2.24) is 0 Å². The smallest absolute Gasteiger partial charge is 0.508 e. The van der Waals surface area contributed by atoms with E-state index < -0.39 is 19.8 Å². The summed E-state index contributed by atoms with van der Waals surface area (Å²) in [4.78, 5) is 33.9. The predicted octanol–water partition coefficient (Wildman–Crippen LogP) is 3.77. The molecule has 2 atom stereocenters. The van der Waals surface area contributed by atoms with Gasteiger partial charge in [-0.05, 0) is 35.4 Å². The number of amides is 1. The number of aromatic hydroxyl groups is 1. The average Bonchev–Trinajstić information content (AvgIpc) is 2.86. The molecule has 1 amide bonds. The fourth-order valence-electron chi connectivity index (χ4n) is 4.41. The van der Waals surface area contributed by atoms with Gasteiger partial charge in [0.2, 0.25) is 11.7 Å². The highest BCUT2D eigenvalue weighted by atomic mass is 31.2. The van der Waals surface area contributed by atoms with Crippen LogP contribution in [0.5, 0.6) is 34.5 Å². The number of anilines is 1. The monoisotopic (exact) mass is 531 g/mol. The average molecular weight is 531 g/mol. The van der Waals surface area contributed by atoms with Crippen molar-refractivity contribution in [3.05, 3.63) is 65.7 Å². The highest BCUT2D eigenvalue weighted by molar-refractivity contribution is 7.46. The topological polar surface area (TPSA) is 144 Å². The summed E-state index contributed by atoms with van der Waals surface area (Å²) in [6.07, 6.45) is 0. The first kappa shape index (κ1) is 26.2. The minimum absolute atomic E-state index is 0.0512. The molecular weight excluding hydrogens is 505 g/mol. The van der Waals surface area contributed by atoms with Gasteiger partial charge in [0.1, 0.15) is 5.75 Å². The highest BCUT2D eigenvalue weighted by Gasteiger charge is 2.50. The Morgan fingerprint density at radius 3 is 1.84 bits per heavy atom. The number of β-lactam (4-membered cyclic amide) rings is 1. The van der Waals surface area contributed by atoms with Gasteiger partial charge in [0.15, 0.2) is 23.0 Å². The molecule has 3 aromatic carbocycles. The van der Waals surface area contributed by atoms with E-state index in [1.54, 1.807) is 30.3 Å². The second-order valence-electron chi connectivity index (χ2n) is 8.10. The number of phenols is 1. The Balaban J connectivity index is 1.87. The number of phosphoric ester groups is 1. The number of hydrogen-bond acceptors (Lipinski definition) is 8. The zero-order valence-corrected chi connectivity index (χ0v) is 21.3. The van der Waals surface area contributed by atoms with E-state index in [4.69, 9.17) is 23.5 Å². The van der Waals surface area contributed by atoms with Gasteiger partial charge in [0.25, 0.3) is 0 Å². The summed E-state index contributed by atoms with van der Waals surface area (Å²) in [5.41, 5.74) is 1.62. The van der Waals surface area contributed by atoms with Crippen LogP contribution in [0.4, 0.5) is 5.69 Å². The molecule has 0 bridgehead atoms. The Hall–Kier alpha value is -3.92. The normalized spacial score (nSPS) is 17.1. The van der Waals surface area contributed by atoms with Crippen LogP contribution in [0.1, 0.15) is 23.1 Å². The van der Waals surface area contributed by atoms with Gasteiger partial charge in [-0.1, -0.05) is 18.2 Å². The molecule has 1 saturated heterocycles. The summed E-state index contributed by atoms with van der Waals surface area (Å²) in [7, 11) is 0.842. The van der Waals surface area contributed by atoms with Crippen molar-refractivity contribution in [3.8, 4) is 34.5 Å². The molecule has 37 heavy (non-hydrogen) atoms. The van der Waals surface area contributed by atoms with E-state index in [1.807, 2.05) is 0 Å². The van der Waals surface area contributed by atoms with Crippen LogP contribution in [-0.4, -0.2) is 49.2 Å². The first-order chi connectivity index (χ1) is 17.6. The molecule has 196 valence electrons. The summed E-state index contributed by atoms with van der Waals surface area (Å²) in [5, 5.41) is 9.74. The van der Waals surface area contributed by atoms with Crippen molar-refractivity contribution in [2.24, 2.45) is 0 Å². The Morgan fingerprint density at radius 2 is 1.32 bits per heavy atom. The lowest BCUT2D eigenvalue weighted by atomic mass is 9.77. The third-order valence-corrected chi connectivity index (χ3v) is 6.46. The predicted molar refractivity (Wildman–Crippen MR) is 133 cm³/mol. The van der Waals surface area contributed by atoms with Gasteiger partial charge >= 0.3 is 7.82 Å². The van der Waals surface area contributed by atoms with Crippen LogP contribution in [0.2, 0.25) is 0 Å². The van der Waals surface area contributed by atoms with Crippen LogP contribution in [-0.2, 0) is 9.36 Å². The summed E-state index contributed by atoms with van der Waals surface area (Å²) >= 11 is 0. The fraction of sp³-hybridized carbons (Fsp3) is 0.240. The Bertz CT molecular complexity index is 1330. The number of nitrogens with zero attached hydrogens (tertiary/aromatic N) is 1. The molecule has 0 spiro atoms. The zero-order chi connectivity index (χ0) is 26.9. The van der Waals surface area contributed by atoms with Crippen molar-refractivity contribution in [1.29, 1.82) is 0 Å². The molecule has 1 aliphatic heterocycles. The van der Waals surface area contributed by atoms with Crippen LogP contribution < -0.4 is 28.4 Å². The second kappa shape index (κ2) is 10.2. The molecule has 0 aliphatic carbocycles. The number of benzene rings is 3. The molecule has 1 heterocycles. The van der Waals surface area contributed by atoms with Crippen LogP contribution >= 0.6 is 7.82 Å². The molecule has 0 saturated carbocycles. The maximum absolute atomic E-state index is 13.6. The minimum Gasteiger partial charge on any atom is -0.508 e. The molecular formula is C25H26NO10P. The summed E-state index contributed by atoms with van der Waals surface area (Å²) in [6.45, 7) is 0. The van der Waals surface area contributed by atoms with E-state index in [0.29, 0.717) is 34.1 Å². The molecule has 1 fully saturated rings. The lowest BCUT2D eigenvalue weighted by Crippen LogP contribution is -2.53. The Morgan fingerprint density at radius 1 is 0.757 bits per heavy atom. The second-order valence-corrected chi connectivity index (χ2v) is 9.26. The molecule has 0 aromatic heterocycles. The van der Waals surface area contributed by atoms with E-state index in [9.17, 15) is 24.3 Å². The number of methoxy groups -OCH3 is 4. The zero-order valence-electron chi connectivity index (χ0n) is 20.4. The Labute approximate surface area is 213 Å². The van der Waals surface area contributed by atoms with Crippen LogP contribution in [0, 0.1) is 0 Å². The van der Waals surface area contributed by atoms with E-state index in [1.165, 1.54) is 57.6 Å². The van der Waals surface area contributed by atoms with E-state index >= 15 is 0 Å². The van der Waals surface area contributed by atoms with Crippen LogP contribution in [0.15, 0.2) is 54.6 Å². The van der Waals surface area contributed by atoms with Crippen LogP contribution in [0.3, 0.4) is 0 Å². The van der Waals surface area contributed by atoms with Gasteiger partial charge in [-0.15, -0.1) is 0 Å². The summed E-state index contributed by atoms with van der Waals surface area (Å²) in [5.74, 6) is 0.105. The number of phosphoric acid groups is 1. The number of rotatable bonds is 9. The molecule has 3 N–H and O–H groups in total. The number of carbonyl (C=O) groups excluding carboxylic acids is 1. The Kier molecular flexibility index (Phi) is 7.22. The van der Waals surface area contributed by atoms with Gasteiger partial charge < -0.3 is 33.5 Å². The lowest BCUT2D eigenvalue weighted by Gasteiger charge is -2.48. The maximum atomic E-state index is 13.6. The van der Waals surface area contributed by atoms with Gasteiger partial charge in [-0.25, -0.2) is 4.57 Å². The van der Waals surface area contributed by atoms with Crippen LogP contribution in [0.25, 0.3) is 0 Å². The van der Waals surface area contributed by atoms with Crippen molar-refractivity contribution in [2.75, 3.05) is 33.3 Å². The largest absolute Gasteiger partial charge is 0.524 e. The molecule has 3 aromatic rings. The van der Waals surface area contributed by atoms with Crippen molar-refractivity contribution >= 4 is 19.4 Å². The first-order valence-electron chi connectivity index (χ1n) is 11.0. The maximum Gasteiger partial charge on any atom is 0.524 e. The van der Waals surface area contributed by atoms with E-state index in [0.717, 1.165) is 0 Å². The van der Waals surface area contributed by atoms with Gasteiger partial charge in [0.05, 0.1) is 46.1 Å². The van der Waals surface area contributed by atoms with Crippen molar-refractivity contribution in [2.45, 2.75) is 12.0 Å². The quantitative estimate of drug-likeness (QED) is 0.276. The van der Waals surface area contributed by atoms with Crippen molar-refractivity contribution in [3.63, 3.8) is 0 Å². The lowest BCUT2D eigenvalue weighted by molar-refractivity contribution is -0.126. The molecule has 4 rings (SSSR count). The third-order valence-electron chi connectivity index (χ3n) is 6.02. The SMILES string of the molecule is COc1ccc([C@H]2[C@H](c3ccc(O)cc3)C(=O)N2c2cc(OC)c(OC)c(OC)c2)cc1OP(=O)(O)O. The number of phenolic OH excluding ortho intramolecular Hbond substituents is 1. The highest BCUT2D eigenvalue weighted by Crippen LogP contribution is 2.53. The standard InChI is InChI=1S/C25H26NO10P/c1-32-18-10-7-15(11-19(18)36-37(29,30)31)23-22(14-5-8-17(27)9-6-14)25(28)26(23)16-12-20(33-2)24(35-4)21(13-16)34-3/h5-13,22-23,27H,1-4H3,(H2,29,30,31)/t22-,23-/m0/s1. The van der Waals surface area contributed by atoms with Gasteiger partial charge in [0, 0.05) is 12.1 Å². The molecule has 0 unspecified atom stereocenters. The number of ether oxygens (including phenoxy) is 4. The number of carbonyl (C=O) groups is 1. The summed E-state index contributed by atoms with van der Waals surface area (Å²) in [6, 6.07) is 13.5. The van der Waals surface area contributed by atoms with Gasteiger partial charge in [-0.3, -0.25) is 14.6 Å². The molecule has 12 heteroatoms. The van der Waals surface area contributed by atoms with E-state index in [-0.39, 0.29) is 23.2 Å². The van der Waals surface area contributed by atoms with E-state index in [2.05, 4.69) is 0 Å². The third kappa shape index (κ3) is 5.01. The van der Waals surface area contributed by atoms with Gasteiger partial charge in [-0.2, -0.15) is 0 Å². The first-order valence-corrected chi connectivity index (χ1v) is 12.5. The summed E-state index contributed by atoms with van der Waals surface area (Å²) < 4.78 is 37.9. The molecule has 0 radical (unpaired) electrons. The molecule has 1 aliphatic rings. The fourth-order valence-corrected chi connectivity index (χ4v) is 4.81. The number of hydrogen-bond donors (Lipinski definition) is 3. The molecule has 11 nitrogen and oxygen atoms in total. The van der Waals surface area contributed by atoms with Crippen molar-refractivity contribution < 1.29 is 47.7 Å². The minimum atomic E-state index is -4.90.